The van der Waals surface area contributed by atoms with Gasteiger partial charge in [-0.1, -0.05) is 60.2 Å². The van der Waals surface area contributed by atoms with Crippen LogP contribution in [0.5, 0.6) is 0 Å². The lowest BCUT2D eigenvalue weighted by Crippen LogP contribution is -2.57. The summed E-state index contributed by atoms with van der Waals surface area (Å²) in [4.78, 5) is 45.2. The Bertz CT molecular complexity index is 1710. The Morgan fingerprint density at radius 2 is 1.45 bits per heavy atom. The van der Waals surface area contributed by atoms with Crippen LogP contribution in [-0.2, 0) is 23.9 Å². The van der Waals surface area contributed by atoms with E-state index in [4.69, 9.17) is 14.6 Å². The number of anilines is 2. The lowest BCUT2D eigenvalue weighted by atomic mass is 9.59. The lowest BCUT2D eigenvalue weighted by molar-refractivity contribution is -0.156. The van der Waals surface area contributed by atoms with Gasteiger partial charge in [-0.15, -0.1) is 0 Å². The number of rotatable bonds is 8. The molecule has 2 aliphatic heterocycles. The highest BCUT2D eigenvalue weighted by molar-refractivity contribution is 6.14. The number of carbonyl (C=O) groups excluding carboxylic acids is 3. The van der Waals surface area contributed by atoms with Crippen molar-refractivity contribution in [3.8, 4) is 0 Å². The average molecular weight is 635 g/mol. The largest absolute Gasteiger partial charge is 0.466 e. The third-order valence-electron chi connectivity index (χ3n) is 9.48. The van der Waals surface area contributed by atoms with Gasteiger partial charge in [0.15, 0.2) is 5.78 Å². The first-order chi connectivity index (χ1) is 22.7. The van der Waals surface area contributed by atoms with Crippen LogP contribution in [0.3, 0.4) is 0 Å². The molecule has 9 nitrogen and oxygen atoms in total. The molecule has 6 rings (SSSR count). The van der Waals surface area contributed by atoms with Gasteiger partial charge in [-0.05, 0) is 68.7 Å². The molecule has 9 heteroatoms. The second kappa shape index (κ2) is 13.2. The molecule has 47 heavy (non-hydrogen) atoms. The molecule has 3 aliphatic rings. The predicted molar refractivity (Wildman–Crippen MR) is 182 cm³/mol. The first-order valence-corrected chi connectivity index (χ1v) is 16.3. The summed E-state index contributed by atoms with van der Waals surface area (Å²) in [6.45, 7) is 7.72. The molecule has 0 bridgehead atoms. The van der Waals surface area contributed by atoms with Gasteiger partial charge in [0, 0.05) is 37.0 Å². The fourth-order valence-electron chi connectivity index (χ4n) is 7.37. The fraction of sp³-hybridized carbons (Fsp3) is 0.368. The van der Waals surface area contributed by atoms with Crippen molar-refractivity contribution in [2.24, 2.45) is 22.9 Å². The maximum Gasteiger partial charge on any atom is 0.317 e. The number of hydrazone groups is 1. The number of nitrogens with one attached hydrogen (secondary N) is 1. The van der Waals surface area contributed by atoms with Crippen LogP contribution >= 0.6 is 0 Å². The second-order valence-corrected chi connectivity index (χ2v) is 12.6. The van der Waals surface area contributed by atoms with Crippen LogP contribution < -0.4 is 15.2 Å². The van der Waals surface area contributed by atoms with E-state index in [9.17, 15) is 9.59 Å². The quantitative estimate of drug-likeness (QED) is 0.254. The van der Waals surface area contributed by atoms with Crippen LogP contribution in [0.15, 0.2) is 95.1 Å². The molecule has 244 valence electrons. The Kier molecular flexibility index (Phi) is 9.01. The zero-order chi connectivity index (χ0) is 33.4. The Morgan fingerprint density at radius 1 is 0.830 bits per heavy atom. The van der Waals surface area contributed by atoms with E-state index in [-0.39, 0.29) is 19.0 Å². The second-order valence-electron chi connectivity index (χ2n) is 12.6. The van der Waals surface area contributed by atoms with E-state index in [2.05, 4.69) is 5.32 Å². The van der Waals surface area contributed by atoms with Crippen LogP contribution in [0, 0.1) is 24.7 Å². The summed E-state index contributed by atoms with van der Waals surface area (Å²) < 4.78 is 11.3. The van der Waals surface area contributed by atoms with E-state index >= 15 is 4.79 Å². The minimum Gasteiger partial charge on any atom is -0.466 e. The normalized spacial score (nSPS) is 25.1. The van der Waals surface area contributed by atoms with Gasteiger partial charge in [0.1, 0.15) is 12.1 Å². The lowest BCUT2D eigenvalue weighted by Gasteiger charge is -2.47. The Labute approximate surface area is 276 Å². The van der Waals surface area contributed by atoms with Gasteiger partial charge in [0.25, 0.3) is 0 Å². The van der Waals surface area contributed by atoms with Gasteiger partial charge >= 0.3 is 11.9 Å². The molecule has 2 heterocycles. The number of fused-ring (bicyclic) bond motifs is 2. The summed E-state index contributed by atoms with van der Waals surface area (Å²) >= 11 is 0. The molecule has 0 spiro atoms. The van der Waals surface area contributed by atoms with E-state index in [1.54, 1.807) is 13.8 Å². The van der Waals surface area contributed by atoms with Gasteiger partial charge in [-0.3, -0.25) is 19.7 Å². The third kappa shape index (κ3) is 5.73. The number of aryl methyl sites for hydroxylation is 1. The number of hydrogen-bond donors (Lipinski definition) is 1. The van der Waals surface area contributed by atoms with Crippen molar-refractivity contribution in [3.63, 3.8) is 0 Å². The summed E-state index contributed by atoms with van der Waals surface area (Å²) in [6.07, 6.45) is -0.407. The number of ether oxygens (including phenoxy) is 2. The molecule has 0 aromatic heterocycles. The molecule has 0 fully saturated rings. The zero-order valence-corrected chi connectivity index (χ0v) is 27.8. The van der Waals surface area contributed by atoms with E-state index in [0.29, 0.717) is 16.7 Å². The van der Waals surface area contributed by atoms with Crippen LogP contribution in [0.25, 0.3) is 0 Å². The Hall–Kier alpha value is -4.76. The van der Waals surface area contributed by atoms with Gasteiger partial charge in [-0.2, -0.15) is 5.10 Å². The summed E-state index contributed by atoms with van der Waals surface area (Å²) in [5.74, 6) is -4.88. The van der Waals surface area contributed by atoms with Crippen molar-refractivity contribution in [3.05, 3.63) is 107 Å². The molecule has 0 saturated heterocycles. The number of ketones is 1. The molecule has 3 aromatic rings. The summed E-state index contributed by atoms with van der Waals surface area (Å²) in [7, 11) is 3.94. The van der Waals surface area contributed by atoms with E-state index in [1.165, 1.54) is 0 Å². The van der Waals surface area contributed by atoms with Crippen molar-refractivity contribution >= 4 is 34.8 Å². The number of carbonyl (C=O) groups is 3. The first-order valence-electron chi connectivity index (χ1n) is 16.3. The Morgan fingerprint density at radius 3 is 2.04 bits per heavy atom. The molecule has 0 radical (unpaired) electrons. The van der Waals surface area contributed by atoms with Crippen molar-refractivity contribution in [1.82, 2.24) is 5.32 Å². The number of Topliss-reactive ketones (excluding diaryl/α,β-unsaturated/α-hetero) is 1. The minimum atomic E-state index is -1.24. The maximum atomic E-state index is 15.0. The summed E-state index contributed by atoms with van der Waals surface area (Å²) in [5, 5.41) is 10.7. The molecule has 6 atom stereocenters. The number of esters is 2. The zero-order valence-electron chi connectivity index (χ0n) is 27.8. The van der Waals surface area contributed by atoms with Crippen LogP contribution in [0.2, 0.25) is 0 Å². The highest BCUT2D eigenvalue weighted by atomic mass is 16.5. The van der Waals surface area contributed by atoms with E-state index in [0.717, 1.165) is 28.2 Å². The van der Waals surface area contributed by atoms with Gasteiger partial charge < -0.3 is 14.4 Å². The molecular formula is C38H42N4O5. The van der Waals surface area contributed by atoms with E-state index in [1.807, 2.05) is 117 Å². The average Bonchev–Trinajstić information content (AvgIpc) is 3.40. The maximum absolute atomic E-state index is 15.0. The molecule has 0 saturated carbocycles. The van der Waals surface area contributed by atoms with Gasteiger partial charge in [0.05, 0.1) is 36.8 Å². The van der Waals surface area contributed by atoms with Crippen molar-refractivity contribution in [2.75, 3.05) is 37.2 Å². The van der Waals surface area contributed by atoms with Crippen LogP contribution in [0.1, 0.15) is 49.4 Å². The summed E-state index contributed by atoms with van der Waals surface area (Å²) in [6, 6.07) is 24.8. The number of hydrogen-bond acceptors (Lipinski definition) is 9. The van der Waals surface area contributed by atoms with Crippen molar-refractivity contribution in [2.45, 2.75) is 45.8 Å². The molecule has 0 amide bonds. The monoisotopic (exact) mass is 634 g/mol. The smallest absolute Gasteiger partial charge is 0.317 e. The molecule has 3 aromatic carbocycles. The highest BCUT2D eigenvalue weighted by Gasteiger charge is 2.59. The molecular weight excluding hydrogens is 592 g/mol. The van der Waals surface area contributed by atoms with E-state index < -0.39 is 47.8 Å². The van der Waals surface area contributed by atoms with Crippen LogP contribution in [0.4, 0.5) is 11.4 Å². The standard InChI is InChI=1S/C38H42N4O5/c1-7-46-37(44)31-29(24-12-10-9-11-13-24)33(38(45)47-8-2)35(43)32-30(31)28-23(4)40-42(27-18-14-22(3)15-19-27)36(28)39-34(32)25-16-20-26(21-17-25)41(5)6/h9-21,28-29,31,33-34,36,39H,7-8H2,1-6H3/t28-,29-,31+,33-,34+,36-/m0/s1. The topological polar surface area (TPSA) is 101 Å². The van der Waals surface area contributed by atoms with Gasteiger partial charge in [-0.25, -0.2) is 5.01 Å². The van der Waals surface area contributed by atoms with Crippen molar-refractivity contribution in [1.29, 1.82) is 0 Å². The minimum absolute atomic E-state index is 0.107. The predicted octanol–water partition coefficient (Wildman–Crippen LogP) is 5.57. The van der Waals surface area contributed by atoms with Gasteiger partial charge in [0.2, 0.25) is 0 Å². The number of benzene rings is 3. The summed E-state index contributed by atoms with van der Waals surface area (Å²) in [5.41, 5.74) is 6.39. The molecule has 0 unspecified atom stereocenters. The number of nitrogens with zero attached hydrogens (tertiary/aromatic N) is 3. The molecule has 1 aliphatic carbocycles. The first kappa shape index (κ1) is 32.2. The molecule has 1 N–H and O–H groups in total. The Balaban J connectivity index is 1.62. The fourth-order valence-corrected chi connectivity index (χ4v) is 7.37. The SMILES string of the molecule is CCOC(=O)[C@@H]1C(=O)C2=C([C@H](C(=O)OCC)[C@@H]1c1ccccc1)[C@@H]1C(C)=NN(c3ccc(C)cc3)[C@@H]1N[C@@H]2c1ccc(N(C)C)cc1. The van der Waals surface area contributed by atoms with Crippen molar-refractivity contribution < 1.29 is 23.9 Å². The van der Waals surface area contributed by atoms with Crippen LogP contribution in [-0.4, -0.2) is 56.9 Å². The highest BCUT2D eigenvalue weighted by Crippen LogP contribution is 2.54. The third-order valence-corrected chi connectivity index (χ3v) is 9.48.